The summed E-state index contributed by atoms with van der Waals surface area (Å²) in [6.45, 7) is 12.8. The van der Waals surface area contributed by atoms with Crippen LogP contribution in [0, 0.1) is 0 Å². The number of hydrogen-bond acceptors (Lipinski definition) is 4. The Bertz CT molecular complexity index is 194. The van der Waals surface area contributed by atoms with Crippen LogP contribution in [0.4, 0.5) is 0 Å². The zero-order chi connectivity index (χ0) is 13.1. The van der Waals surface area contributed by atoms with Gasteiger partial charge in [0.25, 0.3) is 0 Å². The number of rotatable bonds is 10. The zero-order valence-electron chi connectivity index (χ0n) is 11.9. The van der Waals surface area contributed by atoms with Gasteiger partial charge in [-0.1, -0.05) is 20.8 Å². The fourth-order valence-electron chi connectivity index (χ4n) is 1.84. The molecule has 0 radical (unpaired) electrons. The number of carbonyl (C=O) groups excluding carboxylic acids is 1. The highest BCUT2D eigenvalue weighted by Gasteiger charge is 2.07. The predicted octanol–water partition coefficient (Wildman–Crippen LogP) is 1.60. The summed E-state index contributed by atoms with van der Waals surface area (Å²) in [5.41, 5.74) is 0. The summed E-state index contributed by atoms with van der Waals surface area (Å²) in [5, 5.41) is 0. The molecular weight excluding hydrogens is 216 g/mol. The average molecular weight is 244 g/mol. The molecule has 0 aliphatic rings. The van der Waals surface area contributed by atoms with E-state index in [1.165, 1.54) is 7.11 Å². The first-order chi connectivity index (χ1) is 8.17. The van der Waals surface area contributed by atoms with Gasteiger partial charge < -0.3 is 14.5 Å². The van der Waals surface area contributed by atoms with E-state index in [9.17, 15) is 4.79 Å². The molecule has 0 aromatic carbocycles. The van der Waals surface area contributed by atoms with Crippen LogP contribution in [0.25, 0.3) is 0 Å². The third-order valence-corrected chi connectivity index (χ3v) is 3.15. The predicted molar refractivity (Wildman–Crippen MR) is 71.2 cm³/mol. The zero-order valence-corrected chi connectivity index (χ0v) is 11.9. The second kappa shape index (κ2) is 10.5. The highest BCUT2D eigenvalue weighted by atomic mass is 16.5. The Morgan fingerprint density at radius 2 is 1.47 bits per heavy atom. The van der Waals surface area contributed by atoms with Crippen molar-refractivity contribution in [2.75, 3.05) is 46.4 Å². The number of esters is 1. The Morgan fingerprint density at radius 1 is 0.941 bits per heavy atom. The maximum absolute atomic E-state index is 11.0. The van der Waals surface area contributed by atoms with Crippen LogP contribution >= 0.6 is 0 Å². The highest BCUT2D eigenvalue weighted by molar-refractivity contribution is 5.69. The lowest BCUT2D eigenvalue weighted by Gasteiger charge is -2.22. The molecule has 0 spiro atoms. The molecule has 102 valence electrons. The van der Waals surface area contributed by atoms with Crippen LogP contribution in [0.2, 0.25) is 0 Å². The quantitative estimate of drug-likeness (QED) is 0.547. The van der Waals surface area contributed by atoms with Gasteiger partial charge in [0.2, 0.25) is 0 Å². The van der Waals surface area contributed by atoms with E-state index >= 15 is 0 Å². The standard InChI is InChI=1S/C13H28N2O2/c1-5-14(6-2)10-8-11-15(7-3)12-9-13(16)17-4/h5-12H2,1-4H3. The Balaban J connectivity index is 3.70. The summed E-state index contributed by atoms with van der Waals surface area (Å²) in [6, 6.07) is 0. The van der Waals surface area contributed by atoms with Crippen molar-refractivity contribution in [3.63, 3.8) is 0 Å². The summed E-state index contributed by atoms with van der Waals surface area (Å²) in [4.78, 5) is 15.8. The maximum Gasteiger partial charge on any atom is 0.306 e. The van der Waals surface area contributed by atoms with Crippen molar-refractivity contribution < 1.29 is 9.53 Å². The number of carbonyl (C=O) groups is 1. The minimum Gasteiger partial charge on any atom is -0.469 e. The monoisotopic (exact) mass is 244 g/mol. The van der Waals surface area contributed by atoms with Crippen LogP contribution in [-0.2, 0) is 9.53 Å². The Labute approximate surface area is 106 Å². The maximum atomic E-state index is 11.0. The van der Waals surface area contributed by atoms with Crippen LogP contribution in [-0.4, -0.2) is 62.1 Å². The van der Waals surface area contributed by atoms with Crippen LogP contribution < -0.4 is 0 Å². The van der Waals surface area contributed by atoms with Gasteiger partial charge in [0.05, 0.1) is 13.5 Å². The van der Waals surface area contributed by atoms with Gasteiger partial charge >= 0.3 is 5.97 Å². The second-order valence-electron chi connectivity index (χ2n) is 4.14. The molecule has 0 aromatic rings. The SMILES string of the molecule is CCN(CC)CCCN(CC)CCC(=O)OC. The van der Waals surface area contributed by atoms with Crippen molar-refractivity contribution in [2.24, 2.45) is 0 Å². The van der Waals surface area contributed by atoms with Crippen LogP contribution in [0.15, 0.2) is 0 Å². The largest absolute Gasteiger partial charge is 0.469 e. The van der Waals surface area contributed by atoms with Crippen molar-refractivity contribution >= 4 is 5.97 Å². The molecule has 0 amide bonds. The number of hydrogen-bond donors (Lipinski definition) is 0. The minimum absolute atomic E-state index is 0.118. The van der Waals surface area contributed by atoms with Crippen molar-refractivity contribution in [2.45, 2.75) is 33.6 Å². The van der Waals surface area contributed by atoms with Gasteiger partial charge in [-0.25, -0.2) is 0 Å². The molecule has 0 aliphatic heterocycles. The fraction of sp³-hybridized carbons (Fsp3) is 0.923. The van der Waals surface area contributed by atoms with E-state index < -0.39 is 0 Å². The summed E-state index contributed by atoms with van der Waals surface area (Å²) in [6.07, 6.45) is 1.66. The number of nitrogens with zero attached hydrogens (tertiary/aromatic N) is 2. The van der Waals surface area contributed by atoms with Gasteiger partial charge in [0.15, 0.2) is 0 Å². The fourth-order valence-corrected chi connectivity index (χ4v) is 1.84. The number of ether oxygens (including phenoxy) is 1. The summed E-state index contributed by atoms with van der Waals surface area (Å²) < 4.78 is 4.65. The van der Waals surface area contributed by atoms with Crippen molar-refractivity contribution in [3.05, 3.63) is 0 Å². The van der Waals surface area contributed by atoms with E-state index in [-0.39, 0.29) is 5.97 Å². The van der Waals surface area contributed by atoms with E-state index in [1.54, 1.807) is 0 Å². The average Bonchev–Trinajstić information content (AvgIpc) is 2.37. The summed E-state index contributed by atoms with van der Waals surface area (Å²) in [7, 11) is 1.44. The first kappa shape index (κ1) is 16.4. The van der Waals surface area contributed by atoms with E-state index in [0.29, 0.717) is 6.42 Å². The molecule has 0 aromatic heterocycles. The molecule has 0 unspecified atom stereocenters. The second-order valence-corrected chi connectivity index (χ2v) is 4.14. The van der Waals surface area contributed by atoms with E-state index in [0.717, 1.165) is 45.7 Å². The third kappa shape index (κ3) is 8.16. The topological polar surface area (TPSA) is 32.8 Å². The van der Waals surface area contributed by atoms with Crippen LogP contribution in [0.1, 0.15) is 33.6 Å². The lowest BCUT2D eigenvalue weighted by molar-refractivity contribution is -0.140. The normalized spacial score (nSPS) is 11.2. The lowest BCUT2D eigenvalue weighted by Crippen LogP contribution is -2.31. The molecule has 0 saturated heterocycles. The Morgan fingerprint density at radius 3 is 1.94 bits per heavy atom. The van der Waals surface area contributed by atoms with Crippen molar-refractivity contribution in [1.82, 2.24) is 9.80 Å². The van der Waals surface area contributed by atoms with Gasteiger partial charge in [-0.05, 0) is 39.1 Å². The van der Waals surface area contributed by atoms with Crippen LogP contribution in [0.5, 0.6) is 0 Å². The van der Waals surface area contributed by atoms with Gasteiger partial charge in [0, 0.05) is 6.54 Å². The molecule has 0 fully saturated rings. The van der Waals surface area contributed by atoms with Crippen molar-refractivity contribution in [1.29, 1.82) is 0 Å². The highest BCUT2D eigenvalue weighted by Crippen LogP contribution is 1.97. The minimum atomic E-state index is -0.118. The molecule has 0 aliphatic carbocycles. The molecule has 4 nitrogen and oxygen atoms in total. The molecular formula is C13H28N2O2. The molecule has 0 atom stereocenters. The van der Waals surface area contributed by atoms with Gasteiger partial charge in [-0.3, -0.25) is 4.79 Å². The molecule has 0 rings (SSSR count). The van der Waals surface area contributed by atoms with Gasteiger partial charge in [-0.15, -0.1) is 0 Å². The summed E-state index contributed by atoms with van der Waals surface area (Å²) >= 11 is 0. The molecule has 4 heteroatoms. The lowest BCUT2D eigenvalue weighted by atomic mass is 10.3. The van der Waals surface area contributed by atoms with Gasteiger partial charge in [0.1, 0.15) is 0 Å². The first-order valence-corrected chi connectivity index (χ1v) is 6.69. The summed E-state index contributed by atoms with van der Waals surface area (Å²) in [5.74, 6) is -0.118. The smallest absolute Gasteiger partial charge is 0.306 e. The molecule has 0 heterocycles. The van der Waals surface area contributed by atoms with Crippen molar-refractivity contribution in [3.8, 4) is 0 Å². The Hall–Kier alpha value is -0.610. The molecule has 0 saturated carbocycles. The van der Waals surface area contributed by atoms with E-state index in [1.807, 2.05) is 0 Å². The van der Waals surface area contributed by atoms with Crippen LogP contribution in [0.3, 0.4) is 0 Å². The van der Waals surface area contributed by atoms with E-state index in [4.69, 9.17) is 0 Å². The van der Waals surface area contributed by atoms with E-state index in [2.05, 4.69) is 35.3 Å². The first-order valence-electron chi connectivity index (χ1n) is 6.69. The third-order valence-electron chi connectivity index (χ3n) is 3.15. The molecule has 0 N–H and O–H groups in total. The molecule has 17 heavy (non-hydrogen) atoms. The Kier molecular flexibility index (Phi) is 10.2. The number of methoxy groups -OCH3 is 1. The molecule has 0 bridgehead atoms. The van der Waals surface area contributed by atoms with Gasteiger partial charge in [-0.2, -0.15) is 0 Å².